The highest BCUT2D eigenvalue weighted by molar-refractivity contribution is 8.10. The van der Waals surface area contributed by atoms with Gasteiger partial charge in [-0.25, -0.2) is 0 Å². The minimum Gasteiger partial charge on any atom is -0.358 e. The molecule has 1 heterocycles. The lowest BCUT2D eigenvalue weighted by atomic mass is 10.2. The Hall–Kier alpha value is 0.200. The molecule has 12 heavy (non-hydrogen) atoms. The van der Waals surface area contributed by atoms with Gasteiger partial charge in [0.15, 0.2) is 0 Å². The lowest BCUT2D eigenvalue weighted by molar-refractivity contribution is 0.262. The Kier molecular flexibility index (Phi) is 4.32. The molecule has 1 aliphatic heterocycles. The van der Waals surface area contributed by atoms with Crippen LogP contribution in [0.3, 0.4) is 0 Å². The molecule has 1 aliphatic rings. The number of hydrogen-bond acceptors (Lipinski definition) is 2. The summed E-state index contributed by atoms with van der Waals surface area (Å²) in [5.41, 5.74) is 0. The van der Waals surface area contributed by atoms with Gasteiger partial charge in [-0.2, -0.15) is 0 Å². The van der Waals surface area contributed by atoms with E-state index >= 15 is 0 Å². The third-order valence-electron chi connectivity index (χ3n) is 2.21. The van der Waals surface area contributed by atoms with Gasteiger partial charge in [0.25, 0.3) is 0 Å². The summed E-state index contributed by atoms with van der Waals surface area (Å²) in [4.78, 5) is 4.56. The van der Waals surface area contributed by atoms with Crippen LogP contribution in [0.15, 0.2) is 0 Å². The van der Waals surface area contributed by atoms with Crippen molar-refractivity contribution in [2.24, 2.45) is 0 Å². The van der Waals surface area contributed by atoms with Crippen molar-refractivity contribution in [1.29, 1.82) is 0 Å². The maximum atomic E-state index is 5.03. The molecule has 0 amide bonds. The highest BCUT2D eigenvalue weighted by atomic mass is 32.1. The minimum atomic E-state index is 0.750. The molecule has 0 N–H and O–H groups in total. The van der Waals surface area contributed by atoms with E-state index < -0.39 is 0 Å². The van der Waals surface area contributed by atoms with Crippen molar-refractivity contribution in [3.63, 3.8) is 0 Å². The van der Waals surface area contributed by atoms with Crippen LogP contribution >= 0.6 is 24.8 Å². The SMILES string of the molecule is CN1CCCN(C(=S)S)CCC1. The predicted molar refractivity (Wildman–Crippen MR) is 59.9 cm³/mol. The van der Waals surface area contributed by atoms with Crippen LogP contribution in [-0.4, -0.2) is 47.3 Å². The predicted octanol–water partition coefficient (Wildman–Crippen LogP) is 1.23. The van der Waals surface area contributed by atoms with Crippen LogP contribution in [0.5, 0.6) is 0 Å². The molecule has 0 aromatic carbocycles. The molecule has 2 nitrogen and oxygen atoms in total. The number of rotatable bonds is 0. The van der Waals surface area contributed by atoms with E-state index in [-0.39, 0.29) is 0 Å². The fraction of sp³-hybridized carbons (Fsp3) is 0.875. The Bertz CT molecular complexity index is 151. The van der Waals surface area contributed by atoms with Crippen molar-refractivity contribution in [3.05, 3.63) is 0 Å². The Morgan fingerprint density at radius 2 is 1.67 bits per heavy atom. The molecule has 70 valence electrons. The summed E-state index contributed by atoms with van der Waals surface area (Å²) in [6, 6.07) is 0. The summed E-state index contributed by atoms with van der Waals surface area (Å²) in [6.45, 7) is 4.47. The van der Waals surface area contributed by atoms with E-state index in [9.17, 15) is 0 Å². The van der Waals surface area contributed by atoms with E-state index in [2.05, 4.69) is 29.5 Å². The van der Waals surface area contributed by atoms with Gasteiger partial charge in [-0.05, 0) is 33.0 Å². The molecular formula is C8H16N2S2. The largest absolute Gasteiger partial charge is 0.358 e. The van der Waals surface area contributed by atoms with Gasteiger partial charge in [0.1, 0.15) is 4.32 Å². The molecule has 0 aliphatic carbocycles. The third-order valence-corrected chi connectivity index (χ3v) is 2.75. The lowest BCUT2D eigenvalue weighted by Crippen LogP contribution is -2.36. The summed E-state index contributed by atoms with van der Waals surface area (Å²) in [6.07, 6.45) is 2.38. The Balaban J connectivity index is 2.35. The summed E-state index contributed by atoms with van der Waals surface area (Å²) in [5.74, 6) is 0. The number of thiol groups is 1. The normalized spacial score (nSPS) is 21.7. The molecule has 0 radical (unpaired) electrons. The quantitative estimate of drug-likeness (QED) is 0.469. The molecule has 0 bridgehead atoms. The van der Waals surface area contributed by atoms with Gasteiger partial charge in [-0.3, -0.25) is 0 Å². The third kappa shape index (κ3) is 3.29. The van der Waals surface area contributed by atoms with Crippen LogP contribution in [0.4, 0.5) is 0 Å². The second kappa shape index (κ2) is 5.04. The molecule has 1 saturated heterocycles. The van der Waals surface area contributed by atoms with Gasteiger partial charge in [-0.15, -0.1) is 12.6 Å². The standard InChI is InChI=1S/C8H16N2S2/c1-9-4-2-6-10(8(11)12)7-3-5-9/h2-7H2,1H3,(H,11,12). The summed E-state index contributed by atoms with van der Waals surface area (Å²) in [5, 5.41) is 0. The fourth-order valence-electron chi connectivity index (χ4n) is 1.48. The Labute approximate surface area is 85.3 Å². The topological polar surface area (TPSA) is 6.48 Å². The first kappa shape index (κ1) is 10.3. The molecule has 0 aromatic heterocycles. The summed E-state index contributed by atoms with van der Waals surface area (Å²) < 4.78 is 0.750. The molecular weight excluding hydrogens is 188 g/mol. The van der Waals surface area contributed by atoms with Crippen molar-refractivity contribution in [3.8, 4) is 0 Å². The summed E-state index contributed by atoms with van der Waals surface area (Å²) in [7, 11) is 2.18. The van der Waals surface area contributed by atoms with Crippen molar-refractivity contribution < 1.29 is 0 Å². The molecule has 0 unspecified atom stereocenters. The second-order valence-electron chi connectivity index (χ2n) is 3.28. The van der Waals surface area contributed by atoms with Gasteiger partial charge in [0, 0.05) is 13.1 Å². The van der Waals surface area contributed by atoms with Gasteiger partial charge in [0.2, 0.25) is 0 Å². The molecule has 0 spiro atoms. The first-order valence-corrected chi connectivity index (χ1v) is 5.22. The number of thiocarbonyl (C=S) groups is 1. The number of hydrogen-bond donors (Lipinski definition) is 1. The van der Waals surface area contributed by atoms with Crippen molar-refractivity contribution in [2.45, 2.75) is 12.8 Å². The summed E-state index contributed by atoms with van der Waals surface area (Å²) >= 11 is 9.22. The zero-order valence-corrected chi connectivity index (χ0v) is 9.20. The van der Waals surface area contributed by atoms with Crippen molar-refractivity contribution >= 4 is 29.2 Å². The maximum Gasteiger partial charge on any atom is 0.133 e. The fourth-order valence-corrected chi connectivity index (χ4v) is 1.86. The van der Waals surface area contributed by atoms with Crippen molar-refractivity contribution in [1.82, 2.24) is 9.80 Å². The van der Waals surface area contributed by atoms with E-state index in [0.717, 1.165) is 17.4 Å². The average Bonchev–Trinajstić information content (AvgIpc) is 1.95. The van der Waals surface area contributed by atoms with Gasteiger partial charge in [0.05, 0.1) is 0 Å². The monoisotopic (exact) mass is 204 g/mol. The number of nitrogens with zero attached hydrogens (tertiary/aromatic N) is 2. The average molecular weight is 204 g/mol. The zero-order chi connectivity index (χ0) is 8.97. The van der Waals surface area contributed by atoms with Crippen LogP contribution in [0.2, 0.25) is 0 Å². The molecule has 0 atom stereocenters. The highest BCUT2D eigenvalue weighted by Crippen LogP contribution is 2.05. The van der Waals surface area contributed by atoms with Crippen LogP contribution in [0, 0.1) is 0 Å². The van der Waals surface area contributed by atoms with E-state index in [0.29, 0.717) is 0 Å². The van der Waals surface area contributed by atoms with Crippen LogP contribution in [0.25, 0.3) is 0 Å². The first-order valence-electron chi connectivity index (χ1n) is 4.36. The van der Waals surface area contributed by atoms with Crippen LogP contribution in [0.1, 0.15) is 12.8 Å². The molecule has 4 heteroatoms. The van der Waals surface area contributed by atoms with Gasteiger partial charge < -0.3 is 9.80 Å². The van der Waals surface area contributed by atoms with Crippen LogP contribution < -0.4 is 0 Å². The molecule has 0 saturated carbocycles. The minimum absolute atomic E-state index is 0.750. The highest BCUT2D eigenvalue weighted by Gasteiger charge is 2.10. The van der Waals surface area contributed by atoms with Gasteiger partial charge >= 0.3 is 0 Å². The Morgan fingerprint density at radius 1 is 1.17 bits per heavy atom. The molecule has 1 fully saturated rings. The van der Waals surface area contributed by atoms with E-state index in [4.69, 9.17) is 12.2 Å². The van der Waals surface area contributed by atoms with Crippen LogP contribution in [-0.2, 0) is 0 Å². The van der Waals surface area contributed by atoms with E-state index in [1.807, 2.05) is 0 Å². The second-order valence-corrected chi connectivity index (χ2v) is 4.39. The lowest BCUT2D eigenvalue weighted by Gasteiger charge is -2.28. The smallest absolute Gasteiger partial charge is 0.133 e. The maximum absolute atomic E-state index is 5.03. The van der Waals surface area contributed by atoms with E-state index in [1.54, 1.807) is 0 Å². The molecule has 1 rings (SSSR count). The van der Waals surface area contributed by atoms with Crippen molar-refractivity contribution in [2.75, 3.05) is 33.2 Å². The van der Waals surface area contributed by atoms with E-state index in [1.165, 1.54) is 25.9 Å². The molecule has 0 aromatic rings. The first-order chi connectivity index (χ1) is 5.70. The zero-order valence-electron chi connectivity index (χ0n) is 7.49. The van der Waals surface area contributed by atoms with Gasteiger partial charge in [-0.1, -0.05) is 12.2 Å². The Morgan fingerprint density at radius 3 is 2.08 bits per heavy atom.